The van der Waals surface area contributed by atoms with E-state index < -0.39 is 15.8 Å². The van der Waals surface area contributed by atoms with Crippen LogP contribution in [0.1, 0.15) is 91.4 Å². The molecule has 3 aliphatic carbocycles. The molecule has 5 unspecified atom stereocenters. The smallest absolute Gasteiger partial charge is 0.113 e. The average Bonchev–Trinajstić information content (AvgIpc) is 3.00. The summed E-state index contributed by atoms with van der Waals surface area (Å²) in [5, 5.41) is 30.3. The number of aliphatic hydroxyl groups excluding tert-OH is 2. The highest BCUT2D eigenvalue weighted by molar-refractivity contribution is 14.1. The lowest BCUT2D eigenvalue weighted by molar-refractivity contribution is 0.0522. The van der Waals surface area contributed by atoms with Crippen molar-refractivity contribution < 1.29 is 15.3 Å². The van der Waals surface area contributed by atoms with Gasteiger partial charge in [0.1, 0.15) is 3.61 Å². The maximum atomic E-state index is 10.2. The molecule has 4 heteroatoms. The molecule has 0 bridgehead atoms. The normalized spacial score (nSPS) is 41.5. The number of halogens is 1. The van der Waals surface area contributed by atoms with Crippen LogP contribution < -0.4 is 0 Å². The Morgan fingerprint density at radius 1 is 1.30 bits per heavy atom. The van der Waals surface area contributed by atoms with Crippen molar-refractivity contribution in [2.24, 2.45) is 29.1 Å². The van der Waals surface area contributed by atoms with E-state index in [1.54, 1.807) is 5.57 Å². The number of aliphatic hydroxyl groups is 3. The molecule has 0 saturated heterocycles. The number of hydrogen-bond acceptors (Lipinski definition) is 3. The minimum Gasteiger partial charge on any atom is -0.393 e. The quantitative estimate of drug-likeness (QED) is 0.210. The maximum Gasteiger partial charge on any atom is 0.113 e. The number of alkyl halides is 1. The van der Waals surface area contributed by atoms with Crippen LogP contribution in [0.2, 0.25) is 0 Å². The van der Waals surface area contributed by atoms with Crippen molar-refractivity contribution in [3.8, 4) is 0 Å². The van der Waals surface area contributed by atoms with Crippen molar-refractivity contribution in [1.29, 1.82) is 0 Å². The fraction of sp³-hybridized carbons (Fsp3) is 0.846. The fourth-order valence-electron chi connectivity index (χ4n) is 7.01. The van der Waals surface area contributed by atoms with Crippen LogP contribution in [0, 0.1) is 29.1 Å². The summed E-state index contributed by atoms with van der Waals surface area (Å²) in [6, 6.07) is 0. The summed E-state index contributed by atoms with van der Waals surface area (Å²) in [6.07, 6.45) is 13.3. The van der Waals surface area contributed by atoms with Gasteiger partial charge < -0.3 is 15.3 Å². The van der Waals surface area contributed by atoms with E-state index in [0.29, 0.717) is 23.7 Å². The average molecular weight is 531 g/mol. The van der Waals surface area contributed by atoms with E-state index in [1.807, 2.05) is 6.92 Å². The first-order valence-electron chi connectivity index (χ1n) is 12.2. The topological polar surface area (TPSA) is 60.7 Å². The van der Waals surface area contributed by atoms with Gasteiger partial charge in [-0.2, -0.15) is 0 Å². The highest BCUT2D eigenvalue weighted by atomic mass is 127. The summed E-state index contributed by atoms with van der Waals surface area (Å²) < 4.78 is -0.579. The predicted octanol–water partition coefficient (Wildman–Crippen LogP) is 6.16. The monoisotopic (exact) mass is 530 g/mol. The molecule has 3 fully saturated rings. The third kappa shape index (κ3) is 5.71. The number of fused-ring (bicyclic) bond motifs is 1. The number of allylic oxidation sites excluding steroid dienone is 2. The lowest BCUT2D eigenvalue weighted by atomic mass is 9.60. The fourth-order valence-corrected chi connectivity index (χ4v) is 7.39. The summed E-state index contributed by atoms with van der Waals surface area (Å²) in [5.74, 6) is 2.39. The molecular weight excluding hydrogens is 487 g/mol. The van der Waals surface area contributed by atoms with Gasteiger partial charge in [-0.1, -0.05) is 38.5 Å². The van der Waals surface area contributed by atoms with Crippen LogP contribution in [0.5, 0.6) is 0 Å². The minimum absolute atomic E-state index is 0.210. The molecule has 3 rings (SSSR count). The van der Waals surface area contributed by atoms with Crippen molar-refractivity contribution in [3.05, 3.63) is 23.8 Å². The maximum absolute atomic E-state index is 10.2. The van der Waals surface area contributed by atoms with E-state index >= 15 is 0 Å². The van der Waals surface area contributed by atoms with Gasteiger partial charge >= 0.3 is 0 Å². The van der Waals surface area contributed by atoms with Gasteiger partial charge in [-0.05, 0) is 122 Å². The Hall–Kier alpha value is 0.0900. The molecule has 3 saturated carbocycles. The van der Waals surface area contributed by atoms with Crippen molar-refractivity contribution in [2.75, 3.05) is 0 Å². The van der Waals surface area contributed by atoms with Gasteiger partial charge in [0.15, 0.2) is 0 Å². The van der Waals surface area contributed by atoms with Crippen LogP contribution in [0.4, 0.5) is 0 Å². The second kappa shape index (κ2) is 9.93. The van der Waals surface area contributed by atoms with E-state index in [-0.39, 0.29) is 5.92 Å². The first-order valence-corrected chi connectivity index (χ1v) is 13.2. The molecule has 0 amide bonds. The van der Waals surface area contributed by atoms with Gasteiger partial charge in [-0.15, -0.1) is 0 Å². The predicted molar refractivity (Wildman–Crippen MR) is 132 cm³/mol. The summed E-state index contributed by atoms with van der Waals surface area (Å²) in [5.41, 5.74) is 2.95. The van der Waals surface area contributed by atoms with Gasteiger partial charge in [0.25, 0.3) is 0 Å². The summed E-state index contributed by atoms with van der Waals surface area (Å²) in [6.45, 7) is 11.0. The third-order valence-electron chi connectivity index (χ3n) is 8.69. The first kappa shape index (κ1) is 24.7. The van der Waals surface area contributed by atoms with Crippen LogP contribution in [0.25, 0.3) is 0 Å². The van der Waals surface area contributed by atoms with Crippen LogP contribution in [0.3, 0.4) is 0 Å². The number of hydrogen-bond donors (Lipinski definition) is 3. The lowest BCUT2D eigenvalue weighted by Gasteiger charge is -2.44. The molecule has 3 aliphatic rings. The summed E-state index contributed by atoms with van der Waals surface area (Å²) in [7, 11) is 0. The standard InChI is InChI=1S/C26H43IO3/c1-17(7-5-14-26(4,27)30)22-11-12-23-19(8-6-13-25(22,23)3)9-10-20-15-21(28)16-24(29)18(20)2/h9,17,20-24,28-30H,2,5-8,10-16H2,1,3-4H3/b19-9+/t17-,20?,21-,22?,23?,24+,25?,26?/m1/s1. The molecule has 3 N–H and O–H groups in total. The molecule has 30 heavy (non-hydrogen) atoms. The number of rotatable bonds is 7. The van der Waals surface area contributed by atoms with Crippen molar-refractivity contribution >= 4 is 22.6 Å². The van der Waals surface area contributed by atoms with E-state index in [2.05, 4.69) is 49.1 Å². The molecule has 0 aromatic heterocycles. The first-order chi connectivity index (χ1) is 14.0. The van der Waals surface area contributed by atoms with Crippen molar-refractivity contribution in [1.82, 2.24) is 0 Å². The Bertz CT molecular complexity index is 637. The molecular formula is C26H43IO3. The van der Waals surface area contributed by atoms with E-state index in [4.69, 9.17) is 0 Å². The highest BCUT2D eigenvalue weighted by Gasteiger charge is 2.50. The Morgan fingerprint density at radius 3 is 2.73 bits per heavy atom. The zero-order valence-electron chi connectivity index (χ0n) is 19.2. The van der Waals surface area contributed by atoms with Crippen LogP contribution in [-0.4, -0.2) is 31.1 Å². The molecule has 0 radical (unpaired) electrons. The van der Waals surface area contributed by atoms with Gasteiger partial charge in [-0.25, -0.2) is 0 Å². The second-order valence-corrected chi connectivity index (χ2v) is 13.4. The molecule has 0 heterocycles. The van der Waals surface area contributed by atoms with Crippen LogP contribution in [-0.2, 0) is 0 Å². The van der Waals surface area contributed by atoms with Crippen LogP contribution >= 0.6 is 22.6 Å². The summed E-state index contributed by atoms with van der Waals surface area (Å²) in [4.78, 5) is 0. The Kier molecular flexibility index (Phi) is 8.18. The molecule has 172 valence electrons. The lowest BCUT2D eigenvalue weighted by Crippen LogP contribution is -2.36. The molecule has 0 aliphatic heterocycles. The van der Waals surface area contributed by atoms with Gasteiger partial charge in [0.2, 0.25) is 0 Å². The van der Waals surface area contributed by atoms with Gasteiger partial charge in [-0.3, -0.25) is 0 Å². The van der Waals surface area contributed by atoms with Crippen molar-refractivity contribution in [2.45, 2.75) is 107 Å². The molecule has 0 aromatic carbocycles. The largest absolute Gasteiger partial charge is 0.393 e. The molecule has 0 aromatic rings. The second-order valence-electron chi connectivity index (χ2n) is 11.0. The third-order valence-corrected chi connectivity index (χ3v) is 9.23. The van der Waals surface area contributed by atoms with Crippen molar-refractivity contribution in [3.63, 3.8) is 0 Å². The SMILES string of the molecule is C=C1C(C/C=C2\CCCC3(C)C2CCC3[C@H](C)CCCC(C)(O)I)C[C@@H](O)C[C@@H]1O. The van der Waals surface area contributed by atoms with Crippen LogP contribution in [0.15, 0.2) is 23.8 Å². The molecule has 8 atom stereocenters. The zero-order chi connectivity index (χ0) is 22.1. The van der Waals surface area contributed by atoms with Gasteiger partial charge in [0, 0.05) is 6.42 Å². The Labute approximate surface area is 197 Å². The highest BCUT2D eigenvalue weighted by Crippen LogP contribution is 2.60. The summed E-state index contributed by atoms with van der Waals surface area (Å²) >= 11 is 2.15. The van der Waals surface area contributed by atoms with E-state index in [1.165, 1.54) is 38.5 Å². The molecule has 0 spiro atoms. The minimum atomic E-state index is -0.579. The van der Waals surface area contributed by atoms with E-state index in [0.717, 1.165) is 37.2 Å². The molecule has 3 nitrogen and oxygen atoms in total. The zero-order valence-corrected chi connectivity index (χ0v) is 21.4. The Morgan fingerprint density at radius 2 is 2.03 bits per heavy atom. The van der Waals surface area contributed by atoms with E-state index in [9.17, 15) is 15.3 Å². The van der Waals surface area contributed by atoms with Gasteiger partial charge in [0.05, 0.1) is 12.2 Å². The Balaban J connectivity index is 1.64.